The molecule has 0 saturated heterocycles. The van der Waals surface area contributed by atoms with Gasteiger partial charge in [0.2, 0.25) is 0 Å². The van der Waals surface area contributed by atoms with Crippen LogP contribution in [-0.4, -0.2) is 23.8 Å². The number of hydrogen-bond acceptors (Lipinski definition) is 3. The molecule has 3 nitrogen and oxygen atoms in total. The first-order valence-electron chi connectivity index (χ1n) is 6.97. The van der Waals surface area contributed by atoms with Crippen molar-refractivity contribution in [2.45, 2.75) is 64.9 Å². The van der Waals surface area contributed by atoms with Gasteiger partial charge in [0.05, 0.1) is 12.7 Å². The molecule has 1 N–H and O–H groups in total. The smallest absolute Gasteiger partial charge is 0.305 e. The van der Waals surface area contributed by atoms with E-state index in [0.29, 0.717) is 25.4 Å². The molecule has 1 atom stereocenters. The molecule has 0 spiro atoms. The second kappa shape index (κ2) is 7.70. The van der Waals surface area contributed by atoms with E-state index in [2.05, 4.69) is 6.92 Å². The number of esters is 1. The predicted molar refractivity (Wildman–Crippen MR) is 67.6 cm³/mol. The van der Waals surface area contributed by atoms with Crippen LogP contribution in [0.1, 0.15) is 58.8 Å². The Labute approximate surface area is 105 Å². The molecule has 0 heterocycles. The van der Waals surface area contributed by atoms with Crippen molar-refractivity contribution in [3.63, 3.8) is 0 Å². The summed E-state index contributed by atoms with van der Waals surface area (Å²) in [5, 5.41) is 10.0. The first kappa shape index (κ1) is 14.5. The van der Waals surface area contributed by atoms with E-state index in [1.165, 1.54) is 12.8 Å². The molecule has 1 aliphatic rings. The Morgan fingerprint density at radius 1 is 1.35 bits per heavy atom. The maximum Gasteiger partial charge on any atom is 0.305 e. The number of carbonyl (C=O) groups excluding carboxylic acids is 1. The standard InChI is InChI=1S/C14H26O3/c1-3-10-17-14(16)9-8-13(15)12-6-4-11(2)5-7-12/h11-13,15H,3-10H2,1-2H3. The highest BCUT2D eigenvalue weighted by Crippen LogP contribution is 2.31. The molecule has 0 amide bonds. The number of aliphatic hydroxyl groups excluding tert-OH is 1. The van der Waals surface area contributed by atoms with Crippen molar-refractivity contribution in [3.05, 3.63) is 0 Å². The van der Waals surface area contributed by atoms with Gasteiger partial charge >= 0.3 is 5.97 Å². The Kier molecular flexibility index (Phi) is 6.56. The van der Waals surface area contributed by atoms with Crippen molar-refractivity contribution in [2.24, 2.45) is 11.8 Å². The second-order valence-electron chi connectivity index (χ2n) is 5.35. The van der Waals surface area contributed by atoms with E-state index < -0.39 is 0 Å². The Morgan fingerprint density at radius 2 is 2.00 bits per heavy atom. The molecule has 1 unspecified atom stereocenters. The molecule has 1 rings (SSSR count). The highest BCUT2D eigenvalue weighted by atomic mass is 16.5. The van der Waals surface area contributed by atoms with Crippen LogP contribution in [0.5, 0.6) is 0 Å². The maximum atomic E-state index is 11.3. The summed E-state index contributed by atoms with van der Waals surface area (Å²) in [4.78, 5) is 11.3. The van der Waals surface area contributed by atoms with Crippen LogP contribution in [0.4, 0.5) is 0 Å². The Hall–Kier alpha value is -0.570. The third-order valence-corrected chi connectivity index (χ3v) is 3.72. The molecule has 1 aliphatic carbocycles. The van der Waals surface area contributed by atoms with Crippen LogP contribution in [0, 0.1) is 11.8 Å². The summed E-state index contributed by atoms with van der Waals surface area (Å²) in [5.41, 5.74) is 0. The molecule has 0 aromatic carbocycles. The molecule has 100 valence electrons. The summed E-state index contributed by atoms with van der Waals surface area (Å²) in [6, 6.07) is 0. The fraction of sp³-hybridized carbons (Fsp3) is 0.929. The van der Waals surface area contributed by atoms with E-state index in [-0.39, 0.29) is 12.1 Å². The minimum Gasteiger partial charge on any atom is -0.466 e. The summed E-state index contributed by atoms with van der Waals surface area (Å²) in [5.74, 6) is 1.02. The Morgan fingerprint density at radius 3 is 2.59 bits per heavy atom. The molecule has 1 saturated carbocycles. The van der Waals surface area contributed by atoms with Crippen molar-refractivity contribution < 1.29 is 14.6 Å². The zero-order valence-corrected chi connectivity index (χ0v) is 11.2. The maximum absolute atomic E-state index is 11.3. The normalized spacial score (nSPS) is 26.5. The highest BCUT2D eigenvalue weighted by molar-refractivity contribution is 5.69. The van der Waals surface area contributed by atoms with E-state index in [1.54, 1.807) is 0 Å². The number of hydrogen-bond donors (Lipinski definition) is 1. The first-order chi connectivity index (χ1) is 8.13. The molecule has 0 aliphatic heterocycles. The first-order valence-corrected chi connectivity index (χ1v) is 6.97. The molecular formula is C14H26O3. The largest absolute Gasteiger partial charge is 0.466 e. The minimum atomic E-state index is -0.323. The van der Waals surface area contributed by atoms with Gasteiger partial charge in [-0.1, -0.05) is 26.7 Å². The third-order valence-electron chi connectivity index (χ3n) is 3.72. The minimum absolute atomic E-state index is 0.171. The molecule has 17 heavy (non-hydrogen) atoms. The third kappa shape index (κ3) is 5.53. The highest BCUT2D eigenvalue weighted by Gasteiger charge is 2.24. The van der Waals surface area contributed by atoms with Gasteiger partial charge in [-0.3, -0.25) is 4.79 Å². The van der Waals surface area contributed by atoms with Crippen LogP contribution < -0.4 is 0 Å². The van der Waals surface area contributed by atoms with E-state index in [9.17, 15) is 9.90 Å². The van der Waals surface area contributed by atoms with Crippen molar-refractivity contribution in [3.8, 4) is 0 Å². The molecule has 0 aromatic rings. The lowest BCUT2D eigenvalue weighted by Gasteiger charge is -2.29. The van der Waals surface area contributed by atoms with Crippen LogP contribution in [-0.2, 0) is 9.53 Å². The topological polar surface area (TPSA) is 46.5 Å². The number of rotatable bonds is 6. The summed E-state index contributed by atoms with van der Waals surface area (Å²) in [6.07, 6.45) is 6.07. The van der Waals surface area contributed by atoms with Gasteiger partial charge in [-0.2, -0.15) is 0 Å². The van der Waals surface area contributed by atoms with Gasteiger partial charge in [-0.05, 0) is 37.5 Å². The summed E-state index contributed by atoms with van der Waals surface area (Å²) in [6.45, 7) is 4.74. The lowest BCUT2D eigenvalue weighted by Crippen LogP contribution is -2.26. The van der Waals surface area contributed by atoms with Gasteiger partial charge in [0, 0.05) is 6.42 Å². The quantitative estimate of drug-likeness (QED) is 0.728. The molecular weight excluding hydrogens is 216 g/mol. The van der Waals surface area contributed by atoms with Crippen LogP contribution in [0.25, 0.3) is 0 Å². The van der Waals surface area contributed by atoms with Crippen LogP contribution in [0.3, 0.4) is 0 Å². The molecule has 0 aromatic heterocycles. The van der Waals surface area contributed by atoms with Gasteiger partial charge in [-0.25, -0.2) is 0 Å². The fourth-order valence-corrected chi connectivity index (χ4v) is 2.46. The zero-order chi connectivity index (χ0) is 12.7. The van der Waals surface area contributed by atoms with Crippen molar-refractivity contribution in [2.75, 3.05) is 6.61 Å². The van der Waals surface area contributed by atoms with Gasteiger partial charge in [0.15, 0.2) is 0 Å². The molecule has 0 bridgehead atoms. The van der Waals surface area contributed by atoms with Gasteiger partial charge in [-0.15, -0.1) is 0 Å². The molecule has 3 heteroatoms. The summed E-state index contributed by atoms with van der Waals surface area (Å²) in [7, 11) is 0. The lowest BCUT2D eigenvalue weighted by atomic mass is 9.79. The number of aliphatic hydroxyl groups is 1. The van der Waals surface area contributed by atoms with Crippen LogP contribution in [0.15, 0.2) is 0 Å². The van der Waals surface area contributed by atoms with Crippen molar-refractivity contribution in [1.29, 1.82) is 0 Å². The van der Waals surface area contributed by atoms with Gasteiger partial charge in [0.1, 0.15) is 0 Å². The van der Waals surface area contributed by atoms with E-state index in [1.807, 2.05) is 6.92 Å². The molecule has 1 fully saturated rings. The SMILES string of the molecule is CCCOC(=O)CCC(O)C1CCC(C)CC1. The molecule has 0 radical (unpaired) electrons. The predicted octanol–water partition coefficient (Wildman–Crippen LogP) is 2.91. The fourth-order valence-electron chi connectivity index (χ4n) is 2.46. The summed E-state index contributed by atoms with van der Waals surface area (Å²) < 4.78 is 5.00. The summed E-state index contributed by atoms with van der Waals surface area (Å²) >= 11 is 0. The van der Waals surface area contributed by atoms with Gasteiger partial charge < -0.3 is 9.84 Å². The zero-order valence-electron chi connectivity index (χ0n) is 11.2. The average Bonchev–Trinajstić information content (AvgIpc) is 2.34. The average molecular weight is 242 g/mol. The van der Waals surface area contributed by atoms with E-state index in [4.69, 9.17) is 4.74 Å². The van der Waals surface area contributed by atoms with Crippen molar-refractivity contribution in [1.82, 2.24) is 0 Å². The van der Waals surface area contributed by atoms with Crippen LogP contribution >= 0.6 is 0 Å². The van der Waals surface area contributed by atoms with Gasteiger partial charge in [0.25, 0.3) is 0 Å². The second-order valence-corrected chi connectivity index (χ2v) is 5.35. The van der Waals surface area contributed by atoms with Crippen molar-refractivity contribution >= 4 is 5.97 Å². The Balaban J connectivity index is 2.16. The Bertz CT molecular complexity index is 220. The lowest BCUT2D eigenvalue weighted by molar-refractivity contribution is -0.144. The van der Waals surface area contributed by atoms with Crippen LogP contribution in [0.2, 0.25) is 0 Å². The monoisotopic (exact) mass is 242 g/mol. The van der Waals surface area contributed by atoms with E-state index in [0.717, 1.165) is 25.2 Å². The van der Waals surface area contributed by atoms with E-state index >= 15 is 0 Å². The number of ether oxygens (including phenoxy) is 1. The number of carbonyl (C=O) groups is 1.